The molecule has 84 valence electrons. The van der Waals surface area contributed by atoms with Crippen LogP contribution in [0.25, 0.3) is 0 Å². The Morgan fingerprint density at radius 2 is 2.47 bits per heavy atom. The van der Waals surface area contributed by atoms with E-state index in [4.69, 9.17) is 0 Å². The van der Waals surface area contributed by atoms with E-state index < -0.39 is 0 Å². The van der Waals surface area contributed by atoms with Crippen LogP contribution in [-0.4, -0.2) is 24.3 Å². The van der Waals surface area contributed by atoms with Gasteiger partial charge in [-0.3, -0.25) is 0 Å². The van der Waals surface area contributed by atoms with E-state index in [0.717, 1.165) is 13.0 Å². The molecule has 1 atom stereocenters. The van der Waals surface area contributed by atoms with Crippen LogP contribution in [0.1, 0.15) is 34.4 Å². The van der Waals surface area contributed by atoms with Crippen molar-refractivity contribution in [1.82, 2.24) is 10.3 Å². The first-order valence-corrected chi connectivity index (χ1v) is 7.47. The monoisotopic (exact) mass is 242 g/mol. The summed E-state index contributed by atoms with van der Waals surface area (Å²) < 4.78 is 0. The lowest BCUT2D eigenvalue weighted by Crippen LogP contribution is -2.09. The number of thioether (sulfide) groups is 1. The third-order valence-corrected chi connectivity index (χ3v) is 5.35. The molecule has 2 nitrogen and oxygen atoms in total. The Balaban J connectivity index is 1.93. The molecule has 1 aliphatic heterocycles. The highest BCUT2D eigenvalue weighted by Crippen LogP contribution is 2.39. The van der Waals surface area contributed by atoms with Crippen LogP contribution in [0.3, 0.4) is 0 Å². The van der Waals surface area contributed by atoms with E-state index in [1.54, 1.807) is 0 Å². The van der Waals surface area contributed by atoms with Gasteiger partial charge in [-0.05, 0) is 38.6 Å². The van der Waals surface area contributed by atoms with Crippen LogP contribution in [-0.2, 0) is 6.42 Å². The van der Waals surface area contributed by atoms with Gasteiger partial charge in [0.1, 0.15) is 5.01 Å². The maximum Gasteiger partial charge on any atom is 0.106 e. The summed E-state index contributed by atoms with van der Waals surface area (Å²) in [5, 5.41) is 5.22. The van der Waals surface area contributed by atoms with Gasteiger partial charge in [0.15, 0.2) is 0 Å². The van der Waals surface area contributed by atoms with Gasteiger partial charge in [-0.15, -0.1) is 11.3 Å². The van der Waals surface area contributed by atoms with Crippen LogP contribution in [0, 0.1) is 0 Å². The molecule has 4 heteroatoms. The quantitative estimate of drug-likeness (QED) is 0.879. The molecule has 0 amide bonds. The summed E-state index contributed by atoms with van der Waals surface area (Å²) in [6.45, 7) is 1.06. The van der Waals surface area contributed by atoms with Crippen molar-refractivity contribution in [1.29, 1.82) is 0 Å². The van der Waals surface area contributed by atoms with Crippen molar-refractivity contribution in [3.63, 3.8) is 0 Å². The van der Waals surface area contributed by atoms with E-state index in [2.05, 4.69) is 28.3 Å². The van der Waals surface area contributed by atoms with Crippen molar-refractivity contribution in [3.05, 3.63) is 16.1 Å². The number of hydrogen-bond donors (Lipinski definition) is 1. The number of likely N-dealkylation sites (N-methyl/N-ethyl adjacent to an activating group) is 1. The van der Waals surface area contributed by atoms with Gasteiger partial charge in [0.25, 0.3) is 0 Å². The molecule has 0 saturated carbocycles. The van der Waals surface area contributed by atoms with E-state index in [9.17, 15) is 0 Å². The van der Waals surface area contributed by atoms with Gasteiger partial charge >= 0.3 is 0 Å². The predicted octanol–water partition coefficient (Wildman–Crippen LogP) is 2.86. The highest BCUT2D eigenvalue weighted by Gasteiger charge is 2.18. The summed E-state index contributed by atoms with van der Waals surface area (Å²) in [5.74, 6) is 1.32. The first kappa shape index (κ1) is 11.4. The first-order chi connectivity index (χ1) is 7.40. The maximum absolute atomic E-state index is 4.56. The third-order valence-electron chi connectivity index (χ3n) is 2.65. The third kappa shape index (κ3) is 3.20. The highest BCUT2D eigenvalue weighted by atomic mass is 32.2. The first-order valence-electron chi connectivity index (χ1n) is 5.61. The molecule has 0 aliphatic carbocycles. The fourth-order valence-electron chi connectivity index (χ4n) is 1.77. The van der Waals surface area contributed by atoms with Crippen LogP contribution in [0.5, 0.6) is 0 Å². The Hall–Kier alpha value is -0.0600. The Labute approximate surface area is 99.9 Å². The molecule has 1 fully saturated rings. The molecule has 0 aromatic carbocycles. The van der Waals surface area contributed by atoms with Gasteiger partial charge in [-0.2, -0.15) is 11.8 Å². The number of hydrogen-bond acceptors (Lipinski definition) is 4. The molecule has 1 unspecified atom stereocenters. The van der Waals surface area contributed by atoms with Crippen LogP contribution < -0.4 is 5.32 Å². The second-order valence-electron chi connectivity index (χ2n) is 3.87. The predicted molar refractivity (Wildman–Crippen MR) is 68.8 cm³/mol. The van der Waals surface area contributed by atoms with Crippen LogP contribution in [0.2, 0.25) is 0 Å². The summed E-state index contributed by atoms with van der Waals surface area (Å²) in [7, 11) is 2.00. The van der Waals surface area contributed by atoms with Crippen LogP contribution in [0.15, 0.2) is 6.20 Å². The minimum absolute atomic E-state index is 0.687. The van der Waals surface area contributed by atoms with Gasteiger partial charge in [0, 0.05) is 11.1 Å². The lowest BCUT2D eigenvalue weighted by atomic mass is 10.2. The van der Waals surface area contributed by atoms with Gasteiger partial charge in [-0.1, -0.05) is 6.42 Å². The minimum atomic E-state index is 0.687. The molecule has 15 heavy (non-hydrogen) atoms. The molecule has 0 bridgehead atoms. The normalized spacial score (nSPS) is 21.8. The molecule has 2 heterocycles. The van der Waals surface area contributed by atoms with Crippen molar-refractivity contribution < 1.29 is 0 Å². The number of nitrogens with one attached hydrogen (secondary N) is 1. The number of rotatable bonds is 4. The highest BCUT2D eigenvalue weighted by molar-refractivity contribution is 7.99. The van der Waals surface area contributed by atoms with Crippen molar-refractivity contribution in [2.24, 2.45) is 0 Å². The van der Waals surface area contributed by atoms with Crippen molar-refractivity contribution >= 4 is 23.1 Å². The molecule has 0 radical (unpaired) electrons. The Bertz CT molecular complexity index is 293. The van der Waals surface area contributed by atoms with Gasteiger partial charge in [-0.25, -0.2) is 4.98 Å². The fraction of sp³-hybridized carbons (Fsp3) is 0.727. The largest absolute Gasteiger partial charge is 0.319 e. The van der Waals surface area contributed by atoms with Gasteiger partial charge in [0.2, 0.25) is 0 Å². The lowest BCUT2D eigenvalue weighted by Gasteiger charge is -2.18. The Morgan fingerprint density at radius 3 is 3.20 bits per heavy atom. The molecule has 1 aromatic heterocycles. The summed E-state index contributed by atoms with van der Waals surface area (Å²) in [6, 6.07) is 0. The molecular weight excluding hydrogens is 224 g/mol. The van der Waals surface area contributed by atoms with Crippen LogP contribution in [0.4, 0.5) is 0 Å². The second kappa shape index (κ2) is 5.87. The van der Waals surface area contributed by atoms with E-state index in [1.807, 2.05) is 18.4 Å². The minimum Gasteiger partial charge on any atom is -0.319 e. The Kier molecular flexibility index (Phi) is 4.47. The topological polar surface area (TPSA) is 24.9 Å². The van der Waals surface area contributed by atoms with E-state index in [0.29, 0.717) is 5.25 Å². The van der Waals surface area contributed by atoms with Crippen molar-refractivity contribution in [3.8, 4) is 0 Å². The number of thiazole rings is 1. The molecule has 1 saturated heterocycles. The van der Waals surface area contributed by atoms with Crippen molar-refractivity contribution in [2.45, 2.75) is 30.9 Å². The second-order valence-corrected chi connectivity index (χ2v) is 6.33. The smallest absolute Gasteiger partial charge is 0.106 e. The lowest BCUT2D eigenvalue weighted by molar-refractivity contribution is 0.683. The molecular formula is C11H18N2S2. The van der Waals surface area contributed by atoms with Crippen LogP contribution >= 0.6 is 23.1 Å². The van der Waals surface area contributed by atoms with E-state index in [-0.39, 0.29) is 0 Å². The van der Waals surface area contributed by atoms with E-state index in [1.165, 1.54) is 34.9 Å². The number of nitrogens with zero attached hydrogens (tertiary/aromatic N) is 1. The SMILES string of the molecule is CNCCc1cnc(C2CCCCS2)s1. The Morgan fingerprint density at radius 1 is 1.53 bits per heavy atom. The van der Waals surface area contributed by atoms with E-state index >= 15 is 0 Å². The summed E-state index contributed by atoms with van der Waals surface area (Å²) >= 11 is 3.99. The zero-order chi connectivity index (χ0) is 10.5. The molecule has 1 N–H and O–H groups in total. The zero-order valence-electron chi connectivity index (χ0n) is 9.16. The average Bonchev–Trinajstić information content (AvgIpc) is 2.76. The number of aromatic nitrogens is 1. The summed E-state index contributed by atoms with van der Waals surface area (Å²) in [5.41, 5.74) is 0. The average molecular weight is 242 g/mol. The molecule has 1 aliphatic rings. The maximum atomic E-state index is 4.56. The van der Waals surface area contributed by atoms with Crippen molar-refractivity contribution in [2.75, 3.05) is 19.3 Å². The van der Waals surface area contributed by atoms with Gasteiger partial charge < -0.3 is 5.32 Å². The standard InChI is InChI=1S/C11H18N2S2/c1-12-6-5-9-8-13-11(15-9)10-4-2-3-7-14-10/h8,10,12H,2-7H2,1H3. The van der Waals surface area contributed by atoms with Gasteiger partial charge in [0.05, 0.1) is 5.25 Å². The fourth-order valence-corrected chi connectivity index (χ4v) is 4.24. The molecule has 0 spiro atoms. The molecule has 1 aromatic rings. The molecule has 2 rings (SSSR count). The zero-order valence-corrected chi connectivity index (χ0v) is 10.8. The summed E-state index contributed by atoms with van der Waals surface area (Å²) in [4.78, 5) is 5.98. The summed E-state index contributed by atoms with van der Waals surface area (Å²) in [6.07, 6.45) is 7.27.